The highest BCUT2D eigenvalue weighted by Gasteiger charge is 2.21. The van der Waals surface area contributed by atoms with Crippen LogP contribution in [0.1, 0.15) is 24.9 Å². The van der Waals surface area contributed by atoms with Crippen molar-refractivity contribution in [1.29, 1.82) is 0 Å². The van der Waals surface area contributed by atoms with Crippen molar-refractivity contribution in [2.75, 3.05) is 24.2 Å². The Bertz CT molecular complexity index is 963. The average Bonchev–Trinajstić information content (AvgIpc) is 2.79. The van der Waals surface area contributed by atoms with Crippen molar-refractivity contribution in [2.24, 2.45) is 5.73 Å². The SMILES string of the molecule is CCC(C(=O)NCC(=O)CSCc1ccccc1)n1ccnc(NC/C(S)=C/N)c1=O. The van der Waals surface area contributed by atoms with Crippen LogP contribution in [-0.4, -0.2) is 40.1 Å². The third-order valence-corrected chi connectivity index (χ3v) is 5.73. The molecule has 0 aliphatic rings. The van der Waals surface area contributed by atoms with Crippen LogP contribution >= 0.6 is 24.4 Å². The number of nitrogens with two attached hydrogens (primary N) is 1. The van der Waals surface area contributed by atoms with Crippen molar-refractivity contribution < 1.29 is 9.59 Å². The molecule has 0 saturated heterocycles. The number of carbonyl (C=O) groups excluding carboxylic acids is 2. The van der Waals surface area contributed by atoms with Crippen LogP contribution in [0.25, 0.3) is 0 Å². The standard InChI is InChI=1S/C21H27N5O3S2/c1-2-18(26-9-8-23-19(21(26)29)24-12-17(30)10-22)20(28)25-11-16(27)14-31-13-15-6-4-3-5-7-15/h3-10,18,30H,2,11-14,22H2,1H3,(H,23,24)(H,25,28)/b17-10-. The summed E-state index contributed by atoms with van der Waals surface area (Å²) in [5, 5.41) is 5.50. The number of nitrogens with zero attached hydrogens (tertiary/aromatic N) is 2. The molecule has 1 unspecified atom stereocenters. The number of amides is 1. The van der Waals surface area contributed by atoms with Crippen LogP contribution < -0.4 is 21.9 Å². The second-order valence-corrected chi connectivity index (χ2v) is 8.22. The van der Waals surface area contributed by atoms with Gasteiger partial charge < -0.3 is 16.4 Å². The molecule has 8 nitrogen and oxygen atoms in total. The summed E-state index contributed by atoms with van der Waals surface area (Å²) in [4.78, 5) is 42.0. The van der Waals surface area contributed by atoms with Crippen molar-refractivity contribution in [2.45, 2.75) is 25.1 Å². The van der Waals surface area contributed by atoms with Gasteiger partial charge in [0.15, 0.2) is 11.6 Å². The zero-order chi connectivity index (χ0) is 22.6. The minimum atomic E-state index is -0.749. The van der Waals surface area contributed by atoms with Gasteiger partial charge in [-0.15, -0.1) is 24.4 Å². The van der Waals surface area contributed by atoms with Gasteiger partial charge in [-0.05, 0) is 12.0 Å². The third-order valence-electron chi connectivity index (χ3n) is 4.36. The summed E-state index contributed by atoms with van der Waals surface area (Å²) in [5.74, 6) is 0.655. The van der Waals surface area contributed by atoms with Crippen molar-refractivity contribution in [3.05, 3.63) is 69.7 Å². The van der Waals surface area contributed by atoms with Gasteiger partial charge in [0.25, 0.3) is 5.56 Å². The lowest BCUT2D eigenvalue weighted by molar-refractivity contribution is -0.127. The molecular weight excluding hydrogens is 434 g/mol. The Balaban J connectivity index is 1.91. The maximum Gasteiger partial charge on any atom is 0.294 e. The lowest BCUT2D eigenvalue weighted by Crippen LogP contribution is -2.40. The molecule has 0 aliphatic heterocycles. The van der Waals surface area contributed by atoms with Crippen LogP contribution in [0, 0.1) is 0 Å². The molecule has 1 heterocycles. The molecule has 0 radical (unpaired) electrons. The lowest BCUT2D eigenvalue weighted by Gasteiger charge is -2.18. The maximum atomic E-state index is 12.7. The number of hydrogen-bond donors (Lipinski definition) is 4. The molecule has 4 N–H and O–H groups in total. The zero-order valence-electron chi connectivity index (χ0n) is 17.3. The summed E-state index contributed by atoms with van der Waals surface area (Å²) in [7, 11) is 0. The number of hydrogen-bond acceptors (Lipinski definition) is 8. The van der Waals surface area contributed by atoms with Gasteiger partial charge in [-0.1, -0.05) is 37.3 Å². The highest BCUT2D eigenvalue weighted by molar-refractivity contribution is 7.99. The molecule has 0 spiro atoms. The highest BCUT2D eigenvalue weighted by Crippen LogP contribution is 2.12. The fourth-order valence-corrected chi connectivity index (χ4v) is 3.68. The fraction of sp³-hybridized carbons (Fsp3) is 0.333. The molecule has 2 rings (SSSR count). The molecule has 1 aromatic heterocycles. The van der Waals surface area contributed by atoms with Crippen LogP contribution in [-0.2, 0) is 15.3 Å². The van der Waals surface area contributed by atoms with E-state index in [4.69, 9.17) is 5.73 Å². The van der Waals surface area contributed by atoms with Gasteiger partial charge in [-0.3, -0.25) is 19.0 Å². The Kier molecular flexibility index (Phi) is 10.2. The first kappa shape index (κ1) is 24.5. The first-order valence-electron chi connectivity index (χ1n) is 9.78. The molecule has 2 aromatic rings. The number of anilines is 1. The monoisotopic (exact) mass is 461 g/mol. The second-order valence-electron chi connectivity index (χ2n) is 6.66. The topological polar surface area (TPSA) is 119 Å². The van der Waals surface area contributed by atoms with E-state index in [0.29, 0.717) is 17.1 Å². The summed E-state index contributed by atoms with van der Waals surface area (Å²) in [6, 6.07) is 9.12. The molecular formula is C21H27N5O3S2. The van der Waals surface area contributed by atoms with Gasteiger partial charge in [0.1, 0.15) is 6.04 Å². The van der Waals surface area contributed by atoms with Crippen LogP contribution in [0.5, 0.6) is 0 Å². The van der Waals surface area contributed by atoms with Gasteiger partial charge in [0.2, 0.25) is 5.91 Å². The van der Waals surface area contributed by atoms with E-state index < -0.39 is 11.6 Å². The van der Waals surface area contributed by atoms with Crippen LogP contribution in [0.2, 0.25) is 0 Å². The summed E-state index contributed by atoms with van der Waals surface area (Å²) >= 11 is 5.64. The largest absolute Gasteiger partial charge is 0.404 e. The van der Waals surface area contributed by atoms with Crippen LogP contribution in [0.15, 0.2) is 58.6 Å². The minimum absolute atomic E-state index is 0.0770. The number of ketones is 1. The molecule has 1 aromatic carbocycles. The number of aromatic nitrogens is 2. The van der Waals surface area contributed by atoms with Gasteiger partial charge >= 0.3 is 0 Å². The minimum Gasteiger partial charge on any atom is -0.404 e. The highest BCUT2D eigenvalue weighted by atomic mass is 32.2. The second kappa shape index (κ2) is 12.9. The molecule has 10 heteroatoms. The lowest BCUT2D eigenvalue weighted by atomic mass is 10.2. The molecule has 31 heavy (non-hydrogen) atoms. The van der Waals surface area contributed by atoms with E-state index in [1.165, 1.54) is 34.9 Å². The van der Waals surface area contributed by atoms with Gasteiger partial charge in [0.05, 0.1) is 12.3 Å². The van der Waals surface area contributed by atoms with Crippen molar-refractivity contribution >= 4 is 41.9 Å². The molecule has 0 aliphatic carbocycles. The van der Waals surface area contributed by atoms with Crippen molar-refractivity contribution in [3.8, 4) is 0 Å². The Morgan fingerprint density at radius 2 is 2.03 bits per heavy atom. The van der Waals surface area contributed by atoms with E-state index in [9.17, 15) is 14.4 Å². The number of thiol groups is 1. The number of nitrogens with one attached hydrogen (secondary N) is 2. The molecule has 0 saturated carbocycles. The van der Waals surface area contributed by atoms with Crippen molar-refractivity contribution in [1.82, 2.24) is 14.9 Å². The smallest absolute Gasteiger partial charge is 0.294 e. The van der Waals surface area contributed by atoms with E-state index in [1.54, 1.807) is 6.92 Å². The van der Waals surface area contributed by atoms with Gasteiger partial charge in [0, 0.05) is 35.8 Å². The number of thioether (sulfide) groups is 1. The number of benzene rings is 1. The third kappa shape index (κ3) is 7.80. The Morgan fingerprint density at radius 3 is 2.71 bits per heavy atom. The summed E-state index contributed by atoms with van der Waals surface area (Å²) in [5.41, 5.74) is 6.07. The van der Waals surface area contributed by atoms with E-state index in [0.717, 1.165) is 11.3 Å². The average molecular weight is 462 g/mol. The predicted molar refractivity (Wildman–Crippen MR) is 128 cm³/mol. The number of rotatable bonds is 12. The first-order chi connectivity index (χ1) is 15.0. The van der Waals surface area contributed by atoms with E-state index in [1.807, 2.05) is 30.3 Å². The summed E-state index contributed by atoms with van der Waals surface area (Å²) in [6.45, 7) is 1.96. The van der Waals surface area contributed by atoms with Crippen LogP contribution in [0.4, 0.5) is 5.82 Å². The van der Waals surface area contributed by atoms with Gasteiger partial charge in [-0.25, -0.2) is 4.98 Å². The Morgan fingerprint density at radius 1 is 1.29 bits per heavy atom. The molecule has 1 amide bonds. The normalized spacial score (nSPS) is 12.3. The molecule has 166 valence electrons. The number of carbonyl (C=O) groups is 2. The van der Waals surface area contributed by atoms with Crippen LogP contribution in [0.3, 0.4) is 0 Å². The fourth-order valence-electron chi connectivity index (χ4n) is 2.74. The summed E-state index contributed by atoms with van der Waals surface area (Å²) in [6.07, 6.45) is 4.59. The van der Waals surface area contributed by atoms with E-state index in [-0.39, 0.29) is 30.6 Å². The zero-order valence-corrected chi connectivity index (χ0v) is 19.0. The Hall–Kier alpha value is -2.72. The first-order valence-corrected chi connectivity index (χ1v) is 11.4. The van der Waals surface area contributed by atoms with E-state index >= 15 is 0 Å². The number of Topliss-reactive ketones (excluding diaryl/α,β-unsaturated/α-hetero) is 1. The molecule has 1 atom stereocenters. The van der Waals surface area contributed by atoms with Crippen molar-refractivity contribution in [3.63, 3.8) is 0 Å². The van der Waals surface area contributed by atoms with Gasteiger partial charge in [-0.2, -0.15) is 0 Å². The van der Waals surface area contributed by atoms with E-state index in [2.05, 4.69) is 28.2 Å². The molecule has 0 bridgehead atoms. The maximum absolute atomic E-state index is 12.7. The quantitative estimate of drug-likeness (QED) is 0.357. The Labute approximate surface area is 191 Å². The molecule has 0 fully saturated rings. The summed E-state index contributed by atoms with van der Waals surface area (Å²) < 4.78 is 1.31. The predicted octanol–water partition coefficient (Wildman–Crippen LogP) is 1.95.